The standard InChI is InChI=1S/C14H22ClN3O/c1-17(2)11-4-6-18(7-5-11)14-12(15)8-10(16)9-13(14)19-3/h8-9,11H,4-7,16H2,1-3H3. The fourth-order valence-electron chi connectivity index (χ4n) is 2.66. The molecule has 0 unspecified atom stereocenters. The molecule has 1 aromatic rings. The number of hydrogen-bond acceptors (Lipinski definition) is 4. The summed E-state index contributed by atoms with van der Waals surface area (Å²) in [5, 5.41) is 0.667. The van der Waals surface area contributed by atoms with Gasteiger partial charge in [0.25, 0.3) is 0 Å². The average molecular weight is 284 g/mol. The van der Waals surface area contributed by atoms with Crippen LogP contribution < -0.4 is 15.4 Å². The van der Waals surface area contributed by atoms with Crippen LogP contribution in [0.3, 0.4) is 0 Å². The van der Waals surface area contributed by atoms with Gasteiger partial charge in [-0.05, 0) is 33.0 Å². The van der Waals surface area contributed by atoms with Crippen LogP contribution in [-0.2, 0) is 0 Å². The van der Waals surface area contributed by atoms with Crippen LogP contribution in [0.15, 0.2) is 12.1 Å². The maximum Gasteiger partial charge on any atom is 0.145 e. The molecule has 0 spiro atoms. The molecule has 0 saturated carbocycles. The van der Waals surface area contributed by atoms with Crippen molar-refractivity contribution < 1.29 is 4.74 Å². The van der Waals surface area contributed by atoms with E-state index in [-0.39, 0.29) is 0 Å². The summed E-state index contributed by atoms with van der Waals surface area (Å²) in [6.45, 7) is 1.98. The second-order valence-corrected chi connectivity index (χ2v) is 5.64. The molecule has 1 aliphatic rings. The molecule has 4 nitrogen and oxygen atoms in total. The van der Waals surface area contributed by atoms with Crippen LogP contribution in [0.5, 0.6) is 5.75 Å². The van der Waals surface area contributed by atoms with Crippen molar-refractivity contribution in [3.8, 4) is 5.75 Å². The summed E-state index contributed by atoms with van der Waals surface area (Å²) in [5.41, 5.74) is 7.41. The number of nitrogens with two attached hydrogens (primary N) is 1. The summed E-state index contributed by atoms with van der Waals surface area (Å²) < 4.78 is 5.42. The van der Waals surface area contributed by atoms with E-state index in [1.54, 1.807) is 13.2 Å². The molecule has 0 bridgehead atoms. The number of rotatable bonds is 3. The van der Waals surface area contributed by atoms with E-state index in [9.17, 15) is 0 Å². The lowest BCUT2D eigenvalue weighted by atomic mass is 10.0. The van der Waals surface area contributed by atoms with Gasteiger partial charge in [-0.15, -0.1) is 0 Å². The highest BCUT2D eigenvalue weighted by Gasteiger charge is 2.24. The normalized spacial score (nSPS) is 17.0. The summed E-state index contributed by atoms with van der Waals surface area (Å²) in [5.74, 6) is 0.758. The van der Waals surface area contributed by atoms with Gasteiger partial charge in [-0.2, -0.15) is 0 Å². The van der Waals surface area contributed by atoms with E-state index >= 15 is 0 Å². The molecule has 1 aliphatic heterocycles. The molecule has 2 rings (SSSR count). The summed E-state index contributed by atoms with van der Waals surface area (Å²) in [4.78, 5) is 4.58. The SMILES string of the molecule is COc1cc(N)cc(Cl)c1N1CCC(N(C)C)CC1. The Morgan fingerprint density at radius 1 is 1.32 bits per heavy atom. The second-order valence-electron chi connectivity index (χ2n) is 5.24. The summed E-state index contributed by atoms with van der Waals surface area (Å²) in [7, 11) is 5.93. The Bertz CT molecular complexity index is 443. The van der Waals surface area contributed by atoms with Gasteiger partial charge in [0.1, 0.15) is 5.75 Å². The third kappa shape index (κ3) is 3.07. The fourth-order valence-corrected chi connectivity index (χ4v) is 3.00. The lowest BCUT2D eigenvalue weighted by Gasteiger charge is -2.37. The molecular weight excluding hydrogens is 262 g/mol. The zero-order chi connectivity index (χ0) is 14.0. The number of hydrogen-bond donors (Lipinski definition) is 1. The minimum Gasteiger partial charge on any atom is -0.494 e. The van der Waals surface area contributed by atoms with Crippen molar-refractivity contribution >= 4 is 23.0 Å². The van der Waals surface area contributed by atoms with E-state index in [1.165, 1.54) is 0 Å². The first-order valence-electron chi connectivity index (χ1n) is 6.57. The van der Waals surface area contributed by atoms with Gasteiger partial charge in [-0.25, -0.2) is 0 Å². The van der Waals surface area contributed by atoms with Crippen molar-refractivity contribution in [1.29, 1.82) is 0 Å². The molecule has 106 valence electrons. The third-order valence-electron chi connectivity index (χ3n) is 3.78. The minimum absolute atomic E-state index is 0.633. The Kier molecular flexibility index (Phi) is 4.42. The molecule has 1 saturated heterocycles. The van der Waals surface area contributed by atoms with Crippen molar-refractivity contribution in [2.75, 3.05) is 44.9 Å². The van der Waals surface area contributed by atoms with Gasteiger partial charge in [0.2, 0.25) is 0 Å². The zero-order valence-corrected chi connectivity index (χ0v) is 12.6. The van der Waals surface area contributed by atoms with E-state index in [0.29, 0.717) is 16.8 Å². The van der Waals surface area contributed by atoms with Crippen molar-refractivity contribution in [2.45, 2.75) is 18.9 Å². The molecule has 0 amide bonds. The molecular formula is C14H22ClN3O. The van der Waals surface area contributed by atoms with Crippen molar-refractivity contribution in [1.82, 2.24) is 4.90 Å². The summed E-state index contributed by atoms with van der Waals surface area (Å²) in [6, 6.07) is 4.27. The number of nitrogen functional groups attached to an aromatic ring is 1. The molecule has 1 heterocycles. The monoisotopic (exact) mass is 283 g/mol. The van der Waals surface area contributed by atoms with E-state index in [0.717, 1.165) is 37.4 Å². The number of piperidine rings is 1. The molecule has 1 aromatic carbocycles. The minimum atomic E-state index is 0.633. The van der Waals surface area contributed by atoms with Gasteiger partial charge >= 0.3 is 0 Å². The fraction of sp³-hybridized carbons (Fsp3) is 0.571. The predicted molar refractivity (Wildman–Crippen MR) is 81.3 cm³/mol. The van der Waals surface area contributed by atoms with Crippen molar-refractivity contribution in [2.24, 2.45) is 0 Å². The maximum atomic E-state index is 6.33. The van der Waals surface area contributed by atoms with Gasteiger partial charge in [0, 0.05) is 30.9 Å². The molecule has 2 N–H and O–H groups in total. The largest absolute Gasteiger partial charge is 0.494 e. The van der Waals surface area contributed by atoms with Gasteiger partial charge in [0.15, 0.2) is 0 Å². The first-order valence-corrected chi connectivity index (χ1v) is 6.95. The van der Waals surface area contributed by atoms with E-state index in [4.69, 9.17) is 22.1 Å². The number of halogens is 1. The van der Waals surface area contributed by atoms with Crippen LogP contribution in [0.25, 0.3) is 0 Å². The number of benzene rings is 1. The highest BCUT2D eigenvalue weighted by molar-refractivity contribution is 6.34. The van der Waals surface area contributed by atoms with Crippen LogP contribution in [-0.4, -0.2) is 45.2 Å². The van der Waals surface area contributed by atoms with Gasteiger partial charge < -0.3 is 20.3 Å². The van der Waals surface area contributed by atoms with Gasteiger partial charge in [0.05, 0.1) is 17.8 Å². The first-order chi connectivity index (χ1) is 9.02. The summed E-state index contributed by atoms with van der Waals surface area (Å²) in [6.07, 6.45) is 2.27. The Hall–Kier alpha value is -1.13. The smallest absolute Gasteiger partial charge is 0.145 e. The van der Waals surface area contributed by atoms with E-state index in [2.05, 4.69) is 23.9 Å². The van der Waals surface area contributed by atoms with E-state index in [1.807, 2.05) is 6.07 Å². The lowest BCUT2D eigenvalue weighted by Crippen LogP contribution is -2.42. The molecule has 5 heteroatoms. The zero-order valence-electron chi connectivity index (χ0n) is 11.8. The molecule has 0 atom stereocenters. The van der Waals surface area contributed by atoms with Crippen LogP contribution in [0.1, 0.15) is 12.8 Å². The Labute approximate surface area is 120 Å². The first kappa shape index (κ1) is 14.3. The number of nitrogens with zero attached hydrogens (tertiary/aromatic N) is 2. The molecule has 19 heavy (non-hydrogen) atoms. The van der Waals surface area contributed by atoms with Gasteiger partial charge in [-0.1, -0.05) is 11.6 Å². The van der Waals surface area contributed by atoms with E-state index < -0.39 is 0 Å². The highest BCUT2D eigenvalue weighted by atomic mass is 35.5. The third-order valence-corrected chi connectivity index (χ3v) is 4.07. The quantitative estimate of drug-likeness (QED) is 0.866. The summed E-state index contributed by atoms with van der Waals surface area (Å²) >= 11 is 6.33. The molecule has 0 radical (unpaired) electrons. The molecule has 0 aliphatic carbocycles. The lowest BCUT2D eigenvalue weighted by molar-refractivity contribution is 0.249. The molecule has 0 aromatic heterocycles. The van der Waals surface area contributed by atoms with Crippen LogP contribution in [0.2, 0.25) is 5.02 Å². The maximum absolute atomic E-state index is 6.33. The van der Waals surface area contributed by atoms with Crippen molar-refractivity contribution in [3.63, 3.8) is 0 Å². The Morgan fingerprint density at radius 2 is 1.95 bits per heavy atom. The topological polar surface area (TPSA) is 41.7 Å². The van der Waals surface area contributed by atoms with Gasteiger partial charge in [-0.3, -0.25) is 0 Å². The number of anilines is 2. The second kappa shape index (κ2) is 5.88. The average Bonchev–Trinajstić information content (AvgIpc) is 2.38. The predicted octanol–water partition coefficient (Wildman–Crippen LogP) is 2.46. The molecule has 1 fully saturated rings. The van der Waals surface area contributed by atoms with Crippen LogP contribution in [0, 0.1) is 0 Å². The van der Waals surface area contributed by atoms with Crippen LogP contribution in [0.4, 0.5) is 11.4 Å². The Morgan fingerprint density at radius 3 is 2.47 bits per heavy atom. The van der Waals surface area contributed by atoms with Crippen LogP contribution >= 0.6 is 11.6 Å². The van der Waals surface area contributed by atoms with Crippen molar-refractivity contribution in [3.05, 3.63) is 17.2 Å². The number of ether oxygens (including phenoxy) is 1. The highest BCUT2D eigenvalue weighted by Crippen LogP contribution is 2.39. The Balaban J connectivity index is 2.19. The number of methoxy groups -OCH3 is 1.